The van der Waals surface area contributed by atoms with Crippen LogP contribution in [0.15, 0.2) is 24.3 Å². The molecule has 2 atom stereocenters. The third kappa shape index (κ3) is 1.44. The number of hydrogen-bond acceptors (Lipinski definition) is 2. The summed E-state index contributed by atoms with van der Waals surface area (Å²) in [7, 11) is 0. The number of benzene rings is 1. The van der Waals surface area contributed by atoms with Crippen molar-refractivity contribution in [1.82, 2.24) is 5.32 Å². The topological polar surface area (TPSA) is 75.4 Å². The fraction of sp³-hybridized carbons (Fsp3) is 0.300. The van der Waals surface area contributed by atoms with Crippen molar-refractivity contribution in [2.45, 2.75) is 18.6 Å². The van der Waals surface area contributed by atoms with Crippen LogP contribution in [0.2, 0.25) is 0 Å². The largest absolute Gasteiger partial charge is 0.390 e. The van der Waals surface area contributed by atoms with Crippen LogP contribution in [0.25, 0.3) is 0 Å². The van der Waals surface area contributed by atoms with Gasteiger partial charge in [-0.1, -0.05) is 24.3 Å². The van der Waals surface area contributed by atoms with Crippen LogP contribution in [0, 0.1) is 0 Å². The Hall–Kier alpha value is -1.55. The van der Waals surface area contributed by atoms with Gasteiger partial charge in [0.2, 0.25) is 0 Å². The summed E-state index contributed by atoms with van der Waals surface area (Å²) in [6.45, 7) is 0. The second-order valence-electron chi connectivity index (χ2n) is 3.46. The molecule has 1 aliphatic carbocycles. The van der Waals surface area contributed by atoms with Crippen LogP contribution in [-0.4, -0.2) is 17.2 Å². The summed E-state index contributed by atoms with van der Waals surface area (Å²) in [6, 6.07) is 6.67. The molecular formula is C10H12N2O2. The molecule has 4 N–H and O–H groups in total. The average molecular weight is 192 g/mol. The quantitative estimate of drug-likeness (QED) is 0.599. The van der Waals surface area contributed by atoms with Crippen molar-refractivity contribution in [3.8, 4) is 0 Å². The molecule has 1 aromatic carbocycles. The molecule has 0 unspecified atom stereocenters. The zero-order chi connectivity index (χ0) is 10.1. The van der Waals surface area contributed by atoms with E-state index in [0.717, 1.165) is 11.1 Å². The molecule has 14 heavy (non-hydrogen) atoms. The van der Waals surface area contributed by atoms with Gasteiger partial charge in [-0.3, -0.25) is 0 Å². The van der Waals surface area contributed by atoms with Crippen molar-refractivity contribution in [1.29, 1.82) is 0 Å². The van der Waals surface area contributed by atoms with Crippen molar-refractivity contribution in [2.75, 3.05) is 0 Å². The van der Waals surface area contributed by atoms with E-state index in [1.54, 1.807) is 0 Å². The first-order valence-electron chi connectivity index (χ1n) is 4.50. The van der Waals surface area contributed by atoms with Crippen molar-refractivity contribution in [3.63, 3.8) is 0 Å². The van der Waals surface area contributed by atoms with Gasteiger partial charge in [0.15, 0.2) is 0 Å². The highest BCUT2D eigenvalue weighted by Gasteiger charge is 2.31. The Labute approximate surface area is 81.7 Å². The molecule has 0 fully saturated rings. The number of carbonyl (C=O) groups excluding carboxylic acids is 1. The van der Waals surface area contributed by atoms with E-state index in [0.29, 0.717) is 6.42 Å². The smallest absolute Gasteiger partial charge is 0.312 e. The molecule has 0 aliphatic heterocycles. The Morgan fingerprint density at radius 3 is 2.93 bits per heavy atom. The minimum absolute atomic E-state index is 0.358. The maximum absolute atomic E-state index is 10.7. The number of nitrogens with two attached hydrogens (primary N) is 1. The SMILES string of the molecule is NC(=O)N[C@H]1c2ccccc2C[C@H]1O. The van der Waals surface area contributed by atoms with Gasteiger partial charge >= 0.3 is 6.03 Å². The number of primary amides is 1. The third-order valence-electron chi connectivity index (χ3n) is 2.50. The zero-order valence-electron chi connectivity index (χ0n) is 7.60. The van der Waals surface area contributed by atoms with E-state index in [4.69, 9.17) is 5.73 Å². The first-order valence-corrected chi connectivity index (χ1v) is 4.50. The van der Waals surface area contributed by atoms with Crippen LogP contribution < -0.4 is 11.1 Å². The Kier molecular flexibility index (Phi) is 2.13. The van der Waals surface area contributed by atoms with Crippen LogP contribution in [0.3, 0.4) is 0 Å². The second-order valence-corrected chi connectivity index (χ2v) is 3.46. The summed E-state index contributed by atoms with van der Waals surface area (Å²) in [6.07, 6.45) is 0.00102. The first kappa shape index (κ1) is 9.02. The molecule has 4 nitrogen and oxygen atoms in total. The number of urea groups is 1. The van der Waals surface area contributed by atoms with Crippen molar-refractivity contribution in [2.24, 2.45) is 5.73 Å². The van der Waals surface area contributed by atoms with Crippen LogP contribution in [0.5, 0.6) is 0 Å². The van der Waals surface area contributed by atoms with E-state index < -0.39 is 12.1 Å². The molecular weight excluding hydrogens is 180 g/mol. The highest BCUT2D eigenvalue weighted by Crippen LogP contribution is 2.30. The number of nitrogens with one attached hydrogen (secondary N) is 1. The van der Waals surface area contributed by atoms with E-state index >= 15 is 0 Å². The highest BCUT2D eigenvalue weighted by molar-refractivity contribution is 5.72. The van der Waals surface area contributed by atoms with E-state index in [1.807, 2.05) is 24.3 Å². The fourth-order valence-electron chi connectivity index (χ4n) is 1.90. The Balaban J connectivity index is 2.30. The van der Waals surface area contributed by atoms with E-state index in [2.05, 4.69) is 5.32 Å². The minimum atomic E-state index is -0.606. The molecule has 2 rings (SSSR count). The molecule has 0 aromatic heterocycles. The van der Waals surface area contributed by atoms with Crippen LogP contribution >= 0.6 is 0 Å². The van der Waals surface area contributed by atoms with Gasteiger partial charge in [-0.25, -0.2) is 4.79 Å². The van der Waals surface area contributed by atoms with E-state index in [9.17, 15) is 9.90 Å². The van der Waals surface area contributed by atoms with Crippen LogP contribution in [-0.2, 0) is 6.42 Å². The predicted octanol–water partition coefficient (Wildman–Crippen LogP) is 0.313. The molecule has 74 valence electrons. The van der Waals surface area contributed by atoms with Gasteiger partial charge in [-0.2, -0.15) is 0 Å². The van der Waals surface area contributed by atoms with Crippen LogP contribution in [0.4, 0.5) is 4.79 Å². The number of hydrogen-bond donors (Lipinski definition) is 3. The Morgan fingerprint density at radius 2 is 2.21 bits per heavy atom. The standard InChI is InChI=1S/C10H12N2O2/c11-10(14)12-9-7-4-2-1-3-6(7)5-8(9)13/h1-4,8-9,13H,5H2,(H3,11,12,14)/t8-,9+/m1/s1. The molecule has 0 heterocycles. The van der Waals surface area contributed by atoms with Gasteiger partial charge in [0.05, 0.1) is 12.1 Å². The Morgan fingerprint density at radius 1 is 1.50 bits per heavy atom. The number of amides is 2. The maximum atomic E-state index is 10.7. The van der Waals surface area contributed by atoms with Gasteiger partial charge < -0.3 is 16.2 Å². The van der Waals surface area contributed by atoms with E-state index in [1.165, 1.54) is 0 Å². The number of aliphatic hydroxyl groups is 1. The van der Waals surface area contributed by atoms with Gasteiger partial charge in [-0.15, -0.1) is 0 Å². The molecule has 4 heteroatoms. The van der Waals surface area contributed by atoms with E-state index in [-0.39, 0.29) is 6.04 Å². The summed E-state index contributed by atoms with van der Waals surface area (Å²) >= 11 is 0. The summed E-state index contributed by atoms with van der Waals surface area (Å²) in [4.78, 5) is 10.7. The molecule has 2 amide bonds. The minimum Gasteiger partial charge on any atom is -0.390 e. The van der Waals surface area contributed by atoms with Gasteiger partial charge in [0.1, 0.15) is 0 Å². The molecule has 0 bridgehead atoms. The number of aliphatic hydroxyl groups excluding tert-OH is 1. The summed E-state index contributed by atoms with van der Waals surface area (Å²) in [5.41, 5.74) is 7.06. The molecule has 1 aromatic rings. The first-order chi connectivity index (χ1) is 6.68. The normalized spacial score (nSPS) is 24.4. The lowest BCUT2D eigenvalue weighted by atomic mass is 10.1. The number of carbonyl (C=O) groups is 1. The summed E-state index contributed by atoms with van der Waals surface area (Å²) in [5.74, 6) is 0. The lowest BCUT2D eigenvalue weighted by Gasteiger charge is -2.15. The molecule has 0 saturated carbocycles. The van der Waals surface area contributed by atoms with Gasteiger partial charge in [-0.05, 0) is 11.1 Å². The highest BCUT2D eigenvalue weighted by atomic mass is 16.3. The Bertz CT molecular complexity index is 365. The molecule has 1 aliphatic rings. The van der Waals surface area contributed by atoms with Crippen LogP contribution in [0.1, 0.15) is 17.2 Å². The number of fused-ring (bicyclic) bond motifs is 1. The third-order valence-corrected chi connectivity index (χ3v) is 2.50. The summed E-state index contributed by atoms with van der Waals surface area (Å²) in [5, 5.41) is 12.2. The maximum Gasteiger partial charge on any atom is 0.312 e. The summed E-state index contributed by atoms with van der Waals surface area (Å²) < 4.78 is 0. The van der Waals surface area contributed by atoms with Crippen molar-refractivity contribution < 1.29 is 9.90 Å². The second kappa shape index (κ2) is 3.31. The lowest BCUT2D eigenvalue weighted by Crippen LogP contribution is -2.37. The average Bonchev–Trinajstić information content (AvgIpc) is 2.43. The molecule has 0 saturated heterocycles. The fourth-order valence-corrected chi connectivity index (χ4v) is 1.90. The van der Waals surface area contributed by atoms with Crippen molar-refractivity contribution in [3.05, 3.63) is 35.4 Å². The van der Waals surface area contributed by atoms with Crippen molar-refractivity contribution >= 4 is 6.03 Å². The predicted molar refractivity (Wildman–Crippen MR) is 51.6 cm³/mol. The molecule has 0 spiro atoms. The van der Waals surface area contributed by atoms with Gasteiger partial charge in [0, 0.05) is 6.42 Å². The van der Waals surface area contributed by atoms with Gasteiger partial charge in [0.25, 0.3) is 0 Å². The number of rotatable bonds is 1. The lowest BCUT2D eigenvalue weighted by molar-refractivity contribution is 0.143. The monoisotopic (exact) mass is 192 g/mol. The zero-order valence-corrected chi connectivity index (χ0v) is 7.60. The molecule has 0 radical (unpaired) electrons.